The van der Waals surface area contributed by atoms with Gasteiger partial charge in [0.25, 0.3) is 0 Å². The van der Waals surface area contributed by atoms with Crippen molar-refractivity contribution in [2.24, 2.45) is 0 Å². The molecule has 0 atom stereocenters. The van der Waals surface area contributed by atoms with Gasteiger partial charge in [-0.1, -0.05) is 42.5 Å². The van der Waals surface area contributed by atoms with E-state index in [0.717, 1.165) is 12.8 Å². The summed E-state index contributed by atoms with van der Waals surface area (Å²) in [7, 11) is 0. The third kappa shape index (κ3) is 6.80. The maximum atomic E-state index is 11.4. The highest BCUT2D eigenvalue weighted by Gasteiger charge is 1.99. The topological polar surface area (TPSA) is 29.1 Å². The van der Waals surface area contributed by atoms with Gasteiger partial charge in [0.05, 0.1) is 0 Å². The molecule has 0 aliphatic heterocycles. The predicted molar refractivity (Wildman–Crippen MR) is 72.2 cm³/mol. The van der Waals surface area contributed by atoms with Crippen LogP contribution in [0.15, 0.2) is 42.5 Å². The molecule has 0 aromatic heterocycles. The van der Waals surface area contributed by atoms with Gasteiger partial charge in [-0.05, 0) is 18.4 Å². The lowest BCUT2D eigenvalue weighted by Gasteiger charge is -2.02. The number of benzene rings is 1. The van der Waals surface area contributed by atoms with Crippen molar-refractivity contribution in [3.8, 4) is 0 Å². The van der Waals surface area contributed by atoms with Crippen LogP contribution in [0.3, 0.4) is 0 Å². The Morgan fingerprint density at radius 1 is 1.24 bits per heavy atom. The first-order valence-corrected chi connectivity index (χ1v) is 6.38. The molecule has 17 heavy (non-hydrogen) atoms. The third-order valence-electron chi connectivity index (χ3n) is 2.38. The first-order chi connectivity index (χ1) is 8.33. The molecular formula is C14H18ClNO. The third-order valence-corrected chi connectivity index (χ3v) is 2.56. The van der Waals surface area contributed by atoms with Crippen molar-refractivity contribution in [3.63, 3.8) is 0 Å². The number of allylic oxidation sites excluding steroid dienone is 1. The van der Waals surface area contributed by atoms with Crippen LogP contribution in [-0.2, 0) is 11.2 Å². The summed E-state index contributed by atoms with van der Waals surface area (Å²) in [6.07, 6.45) is 6.10. The van der Waals surface area contributed by atoms with Crippen molar-refractivity contribution in [2.45, 2.75) is 19.3 Å². The van der Waals surface area contributed by atoms with E-state index < -0.39 is 0 Å². The van der Waals surface area contributed by atoms with Crippen LogP contribution >= 0.6 is 11.6 Å². The summed E-state index contributed by atoms with van der Waals surface area (Å²) in [5.41, 5.74) is 1.28. The number of carbonyl (C=O) groups excluding carboxylic acids is 1. The molecule has 0 radical (unpaired) electrons. The summed E-state index contributed by atoms with van der Waals surface area (Å²) >= 11 is 5.47. The number of halogens is 1. The van der Waals surface area contributed by atoms with Gasteiger partial charge in [0.2, 0.25) is 5.91 Å². The number of carbonyl (C=O) groups is 1. The van der Waals surface area contributed by atoms with Crippen molar-refractivity contribution < 1.29 is 4.79 Å². The van der Waals surface area contributed by atoms with E-state index in [0.29, 0.717) is 18.8 Å². The predicted octanol–water partition coefficient (Wildman–Crippen LogP) is 2.92. The summed E-state index contributed by atoms with van der Waals surface area (Å²) in [6.45, 7) is 0.566. The lowest BCUT2D eigenvalue weighted by Crippen LogP contribution is -2.23. The van der Waals surface area contributed by atoms with Crippen LogP contribution < -0.4 is 5.32 Å². The maximum absolute atomic E-state index is 11.4. The normalized spacial score (nSPS) is 10.6. The van der Waals surface area contributed by atoms with E-state index in [1.807, 2.05) is 30.4 Å². The Kier molecular flexibility index (Phi) is 7.15. The Hall–Kier alpha value is -1.28. The van der Waals surface area contributed by atoms with E-state index in [1.165, 1.54) is 5.56 Å². The minimum Gasteiger partial charge on any atom is -0.353 e. The van der Waals surface area contributed by atoms with Gasteiger partial charge < -0.3 is 5.32 Å². The zero-order valence-electron chi connectivity index (χ0n) is 9.86. The summed E-state index contributed by atoms with van der Waals surface area (Å²) in [4.78, 5) is 11.4. The largest absolute Gasteiger partial charge is 0.353 e. The number of nitrogens with one attached hydrogen (secondary N) is 1. The number of aryl methyl sites for hydroxylation is 1. The van der Waals surface area contributed by atoms with Crippen molar-refractivity contribution in [1.29, 1.82) is 0 Å². The fraction of sp³-hybridized carbons (Fsp3) is 0.357. The molecule has 92 valence electrons. The van der Waals surface area contributed by atoms with E-state index >= 15 is 0 Å². The first-order valence-electron chi connectivity index (χ1n) is 5.84. The number of hydrogen-bond donors (Lipinski definition) is 1. The highest BCUT2D eigenvalue weighted by Crippen LogP contribution is 2.04. The molecule has 0 spiro atoms. The van der Waals surface area contributed by atoms with Gasteiger partial charge in [-0.25, -0.2) is 0 Å². The van der Waals surface area contributed by atoms with E-state index in [4.69, 9.17) is 11.6 Å². The second-order valence-electron chi connectivity index (χ2n) is 3.77. The molecule has 1 N–H and O–H groups in total. The Bertz CT molecular complexity index is 348. The highest BCUT2D eigenvalue weighted by molar-refractivity contribution is 6.18. The molecule has 0 bridgehead atoms. The second-order valence-corrected chi connectivity index (χ2v) is 4.08. The smallest absolute Gasteiger partial charge is 0.220 e. The molecule has 0 saturated heterocycles. The molecule has 1 rings (SSSR count). The van der Waals surface area contributed by atoms with Crippen molar-refractivity contribution in [3.05, 3.63) is 48.0 Å². The Labute approximate surface area is 108 Å². The van der Waals surface area contributed by atoms with Crippen molar-refractivity contribution >= 4 is 17.5 Å². The van der Waals surface area contributed by atoms with Crippen LogP contribution in [0.5, 0.6) is 0 Å². The SMILES string of the molecule is O=C(CCCc1ccccc1)NC/C=C/CCl. The molecule has 0 aliphatic carbocycles. The fourth-order valence-electron chi connectivity index (χ4n) is 1.51. The van der Waals surface area contributed by atoms with Gasteiger partial charge in [-0.2, -0.15) is 0 Å². The Morgan fingerprint density at radius 2 is 2.00 bits per heavy atom. The summed E-state index contributed by atoms with van der Waals surface area (Å²) in [6, 6.07) is 10.2. The molecule has 0 aliphatic rings. The second kappa shape index (κ2) is 8.82. The van der Waals surface area contributed by atoms with Crippen LogP contribution in [0, 0.1) is 0 Å². The van der Waals surface area contributed by atoms with Gasteiger partial charge >= 0.3 is 0 Å². The molecule has 1 amide bonds. The standard InChI is InChI=1S/C14H18ClNO/c15-11-4-5-12-16-14(17)10-6-9-13-7-2-1-3-8-13/h1-5,7-8H,6,9-12H2,(H,16,17)/b5-4+. The summed E-state index contributed by atoms with van der Waals surface area (Å²) in [5.74, 6) is 0.587. The average Bonchev–Trinajstić information content (AvgIpc) is 2.36. The number of rotatable bonds is 7. The van der Waals surface area contributed by atoms with Gasteiger partial charge in [-0.3, -0.25) is 4.79 Å². The fourth-order valence-corrected chi connectivity index (χ4v) is 1.63. The van der Waals surface area contributed by atoms with Crippen molar-refractivity contribution in [1.82, 2.24) is 5.32 Å². The molecule has 3 heteroatoms. The van der Waals surface area contributed by atoms with Gasteiger partial charge in [0.1, 0.15) is 0 Å². The number of alkyl halides is 1. The molecule has 2 nitrogen and oxygen atoms in total. The molecule has 0 saturated carbocycles. The summed E-state index contributed by atoms with van der Waals surface area (Å²) in [5, 5.41) is 2.82. The van der Waals surface area contributed by atoms with Crippen LogP contribution in [0.1, 0.15) is 18.4 Å². The quantitative estimate of drug-likeness (QED) is 0.586. The molecule has 1 aromatic rings. The van der Waals surface area contributed by atoms with E-state index in [-0.39, 0.29) is 5.91 Å². The van der Waals surface area contributed by atoms with Gasteiger partial charge in [-0.15, -0.1) is 11.6 Å². The maximum Gasteiger partial charge on any atom is 0.220 e. The summed E-state index contributed by atoms with van der Waals surface area (Å²) < 4.78 is 0. The first kappa shape index (κ1) is 13.8. The van der Waals surface area contributed by atoms with Gasteiger partial charge in [0.15, 0.2) is 0 Å². The minimum atomic E-state index is 0.0974. The van der Waals surface area contributed by atoms with Crippen LogP contribution in [0.4, 0.5) is 0 Å². The molecule has 0 heterocycles. The van der Waals surface area contributed by atoms with E-state index in [1.54, 1.807) is 0 Å². The molecule has 1 aromatic carbocycles. The highest BCUT2D eigenvalue weighted by atomic mass is 35.5. The number of hydrogen-bond acceptors (Lipinski definition) is 1. The monoisotopic (exact) mass is 251 g/mol. The van der Waals surface area contributed by atoms with Crippen LogP contribution in [0.25, 0.3) is 0 Å². The molecule has 0 unspecified atom stereocenters. The zero-order chi connectivity index (χ0) is 12.3. The molecule has 0 fully saturated rings. The van der Waals surface area contributed by atoms with Gasteiger partial charge in [0, 0.05) is 18.8 Å². The lowest BCUT2D eigenvalue weighted by atomic mass is 10.1. The van der Waals surface area contributed by atoms with Crippen molar-refractivity contribution in [2.75, 3.05) is 12.4 Å². The van der Waals surface area contributed by atoms with Crippen LogP contribution in [0.2, 0.25) is 0 Å². The Balaban J connectivity index is 2.10. The lowest BCUT2D eigenvalue weighted by molar-refractivity contribution is -0.120. The number of amides is 1. The minimum absolute atomic E-state index is 0.0974. The zero-order valence-corrected chi connectivity index (χ0v) is 10.6. The van der Waals surface area contributed by atoms with E-state index in [9.17, 15) is 4.79 Å². The van der Waals surface area contributed by atoms with E-state index in [2.05, 4.69) is 17.4 Å². The average molecular weight is 252 g/mol. The molecular weight excluding hydrogens is 234 g/mol. The van der Waals surface area contributed by atoms with Crippen LogP contribution in [-0.4, -0.2) is 18.3 Å². The Morgan fingerprint density at radius 3 is 2.71 bits per heavy atom.